The van der Waals surface area contributed by atoms with Crippen molar-refractivity contribution in [2.24, 2.45) is 0 Å². The number of rotatable bonds is 3. The summed E-state index contributed by atoms with van der Waals surface area (Å²) in [6.07, 6.45) is 6.72. The van der Waals surface area contributed by atoms with Gasteiger partial charge in [0.05, 0.1) is 0 Å². The highest BCUT2D eigenvalue weighted by molar-refractivity contribution is 5.96. The lowest BCUT2D eigenvalue weighted by atomic mass is 9.99. The first-order valence-corrected chi connectivity index (χ1v) is 9.50. The van der Waals surface area contributed by atoms with Crippen LogP contribution in [0.25, 0.3) is 28.1 Å². The van der Waals surface area contributed by atoms with E-state index in [-0.39, 0.29) is 5.91 Å². The molecule has 0 spiro atoms. The maximum absolute atomic E-state index is 12.9. The summed E-state index contributed by atoms with van der Waals surface area (Å²) >= 11 is 0. The molecule has 0 fully saturated rings. The average molecular weight is 385 g/mol. The third-order valence-corrected chi connectivity index (χ3v) is 5.20. The number of carbonyl (C=O) groups is 1. The number of aromatic nitrogens is 4. The monoisotopic (exact) mass is 385 g/mol. The Hall–Kier alpha value is -3.74. The van der Waals surface area contributed by atoms with Crippen molar-refractivity contribution in [3.8, 4) is 11.5 Å². The molecule has 1 N–H and O–H groups in total. The molecule has 1 amide bonds. The number of H-pyrrole nitrogens is 1. The Morgan fingerprint density at radius 1 is 1.21 bits per heavy atom. The number of pyridine rings is 1. The van der Waals surface area contributed by atoms with Crippen molar-refractivity contribution in [1.29, 1.82) is 0 Å². The van der Waals surface area contributed by atoms with Crippen LogP contribution in [0, 0.1) is 6.92 Å². The molecule has 0 unspecified atom stereocenters. The van der Waals surface area contributed by atoms with Gasteiger partial charge in [-0.15, -0.1) is 0 Å². The fraction of sp³-hybridized carbons (Fsp3) is 0.182. The number of hydrogen-bond donors (Lipinski definition) is 1. The predicted octanol–water partition coefficient (Wildman–Crippen LogP) is 3.85. The summed E-state index contributed by atoms with van der Waals surface area (Å²) in [5.74, 6) is 1.07. The number of benzene rings is 1. The average Bonchev–Trinajstić information content (AvgIpc) is 3.40. The molecule has 29 heavy (non-hydrogen) atoms. The summed E-state index contributed by atoms with van der Waals surface area (Å²) in [6, 6.07) is 11.3. The van der Waals surface area contributed by atoms with Gasteiger partial charge in [-0.25, -0.2) is 4.98 Å². The predicted molar refractivity (Wildman–Crippen MR) is 109 cm³/mol. The molecule has 1 aliphatic rings. The normalized spacial score (nSPS) is 14.2. The van der Waals surface area contributed by atoms with Crippen LogP contribution in [-0.2, 0) is 0 Å². The van der Waals surface area contributed by atoms with E-state index in [1.54, 1.807) is 13.1 Å². The minimum Gasteiger partial charge on any atom is -0.346 e. The zero-order valence-corrected chi connectivity index (χ0v) is 15.9. The summed E-state index contributed by atoms with van der Waals surface area (Å²) in [4.78, 5) is 26.5. The number of nitrogens with zero attached hydrogens (tertiary/aromatic N) is 4. The van der Waals surface area contributed by atoms with Gasteiger partial charge in [0, 0.05) is 47.6 Å². The second-order valence-electron chi connectivity index (χ2n) is 7.06. The Kier molecular flexibility index (Phi) is 4.20. The van der Waals surface area contributed by atoms with E-state index in [0.717, 1.165) is 23.0 Å². The molecule has 4 heterocycles. The van der Waals surface area contributed by atoms with Crippen molar-refractivity contribution >= 4 is 22.5 Å². The quantitative estimate of drug-likeness (QED) is 0.579. The van der Waals surface area contributed by atoms with E-state index in [0.29, 0.717) is 30.4 Å². The highest BCUT2D eigenvalue weighted by atomic mass is 16.5. The van der Waals surface area contributed by atoms with E-state index in [9.17, 15) is 4.79 Å². The highest BCUT2D eigenvalue weighted by Crippen LogP contribution is 2.29. The molecule has 0 bridgehead atoms. The molecular formula is C22H19N5O2. The molecule has 7 heteroatoms. The van der Waals surface area contributed by atoms with Crippen LogP contribution in [0.2, 0.25) is 0 Å². The van der Waals surface area contributed by atoms with Crippen LogP contribution < -0.4 is 0 Å². The van der Waals surface area contributed by atoms with Crippen LogP contribution in [-0.4, -0.2) is 44.0 Å². The van der Waals surface area contributed by atoms with Crippen LogP contribution in [0.15, 0.2) is 59.4 Å². The fourth-order valence-electron chi connectivity index (χ4n) is 3.67. The zero-order valence-electron chi connectivity index (χ0n) is 15.9. The van der Waals surface area contributed by atoms with Crippen LogP contribution in [0.4, 0.5) is 0 Å². The van der Waals surface area contributed by atoms with Gasteiger partial charge in [0.1, 0.15) is 5.65 Å². The smallest absolute Gasteiger partial charge is 0.257 e. The van der Waals surface area contributed by atoms with Gasteiger partial charge in [0.15, 0.2) is 5.82 Å². The molecule has 0 aliphatic carbocycles. The van der Waals surface area contributed by atoms with E-state index < -0.39 is 0 Å². The third kappa shape index (κ3) is 3.20. The molecule has 1 aliphatic heterocycles. The topological polar surface area (TPSA) is 87.9 Å². The molecular weight excluding hydrogens is 366 g/mol. The number of amides is 1. The summed E-state index contributed by atoms with van der Waals surface area (Å²) in [6.45, 7) is 3.05. The number of carbonyl (C=O) groups excluding carboxylic acids is 1. The van der Waals surface area contributed by atoms with Crippen LogP contribution in [0.5, 0.6) is 0 Å². The Morgan fingerprint density at radius 3 is 2.79 bits per heavy atom. The van der Waals surface area contributed by atoms with Crippen molar-refractivity contribution in [2.75, 3.05) is 13.1 Å². The summed E-state index contributed by atoms with van der Waals surface area (Å²) in [5, 5.41) is 4.91. The number of aromatic amines is 1. The van der Waals surface area contributed by atoms with Gasteiger partial charge in [-0.2, -0.15) is 4.98 Å². The third-order valence-electron chi connectivity index (χ3n) is 5.20. The molecule has 7 nitrogen and oxygen atoms in total. The molecule has 0 atom stereocenters. The maximum atomic E-state index is 12.9. The lowest BCUT2D eigenvalue weighted by Gasteiger charge is -2.26. The van der Waals surface area contributed by atoms with Crippen LogP contribution >= 0.6 is 0 Å². The van der Waals surface area contributed by atoms with Crippen molar-refractivity contribution in [3.05, 3.63) is 71.8 Å². The highest BCUT2D eigenvalue weighted by Gasteiger charge is 2.21. The van der Waals surface area contributed by atoms with Gasteiger partial charge in [0.2, 0.25) is 0 Å². The molecule has 144 valence electrons. The Labute approximate surface area is 167 Å². The number of hydrogen-bond acceptors (Lipinski definition) is 5. The fourth-order valence-corrected chi connectivity index (χ4v) is 3.67. The van der Waals surface area contributed by atoms with Gasteiger partial charge in [-0.1, -0.05) is 11.2 Å². The summed E-state index contributed by atoms with van der Waals surface area (Å²) in [7, 11) is 0. The van der Waals surface area contributed by atoms with Gasteiger partial charge in [0.25, 0.3) is 11.8 Å². The van der Waals surface area contributed by atoms with Gasteiger partial charge in [-0.3, -0.25) is 4.79 Å². The lowest BCUT2D eigenvalue weighted by Crippen LogP contribution is -2.34. The molecule has 3 aromatic heterocycles. The Balaban J connectivity index is 1.32. The summed E-state index contributed by atoms with van der Waals surface area (Å²) in [5.41, 5.74) is 4.75. The van der Waals surface area contributed by atoms with E-state index in [1.165, 1.54) is 11.1 Å². The number of fused-ring (bicyclic) bond motifs is 1. The second kappa shape index (κ2) is 7.01. The second-order valence-corrected chi connectivity index (χ2v) is 7.06. The lowest BCUT2D eigenvalue weighted by molar-refractivity contribution is 0.0773. The molecule has 5 rings (SSSR count). The first kappa shape index (κ1) is 17.4. The maximum Gasteiger partial charge on any atom is 0.257 e. The number of nitrogens with one attached hydrogen (secondary N) is 1. The van der Waals surface area contributed by atoms with Gasteiger partial charge < -0.3 is 14.4 Å². The van der Waals surface area contributed by atoms with Crippen molar-refractivity contribution in [2.45, 2.75) is 13.3 Å². The molecule has 0 saturated carbocycles. The largest absolute Gasteiger partial charge is 0.346 e. The first-order valence-electron chi connectivity index (χ1n) is 9.50. The minimum absolute atomic E-state index is 0.0224. The van der Waals surface area contributed by atoms with Crippen molar-refractivity contribution in [1.82, 2.24) is 25.0 Å². The molecule has 0 saturated heterocycles. The number of aryl methyl sites for hydroxylation is 1. The van der Waals surface area contributed by atoms with Gasteiger partial charge >= 0.3 is 0 Å². The molecule has 0 radical (unpaired) electrons. The minimum atomic E-state index is 0.0224. The van der Waals surface area contributed by atoms with Crippen LogP contribution in [0.3, 0.4) is 0 Å². The van der Waals surface area contributed by atoms with Crippen molar-refractivity contribution in [3.63, 3.8) is 0 Å². The molecule has 1 aromatic carbocycles. The first-order chi connectivity index (χ1) is 14.2. The van der Waals surface area contributed by atoms with E-state index >= 15 is 0 Å². The van der Waals surface area contributed by atoms with E-state index in [4.69, 9.17) is 4.52 Å². The van der Waals surface area contributed by atoms with E-state index in [1.807, 2.05) is 41.4 Å². The Bertz CT molecular complexity index is 1220. The standard InChI is InChI=1S/C22H19N5O2/c1-14-25-21(29-26-14)16-4-6-17(7-5-16)22(28)27-11-8-15(9-12-27)19-13-24-20-18(19)3-2-10-23-20/h2-8,10,13H,9,11-12H2,1H3,(H,23,24). The zero-order chi connectivity index (χ0) is 19.8. The SMILES string of the molecule is Cc1noc(-c2ccc(C(=O)N3CC=C(c4c[nH]c5ncccc45)CC3)cc2)n1. The van der Waals surface area contributed by atoms with Crippen molar-refractivity contribution < 1.29 is 9.32 Å². The van der Waals surface area contributed by atoms with Gasteiger partial charge in [-0.05, 0) is 55.3 Å². The molecule has 4 aromatic rings. The summed E-state index contributed by atoms with van der Waals surface area (Å²) < 4.78 is 5.17. The Morgan fingerprint density at radius 2 is 2.07 bits per heavy atom. The van der Waals surface area contributed by atoms with E-state index in [2.05, 4.69) is 32.3 Å². The van der Waals surface area contributed by atoms with Crippen LogP contribution in [0.1, 0.15) is 28.2 Å².